The Kier molecular flexibility index (Phi) is 7.45. The minimum Gasteiger partial charge on any atom is -0.481 e. The number of benzene rings is 3. The van der Waals surface area contributed by atoms with Gasteiger partial charge in [0.2, 0.25) is 5.91 Å². The lowest BCUT2D eigenvalue weighted by molar-refractivity contribution is -0.136. The molecule has 0 aromatic heterocycles. The number of anilines is 1. The van der Waals surface area contributed by atoms with Crippen LogP contribution in [0.1, 0.15) is 42.4 Å². The van der Waals surface area contributed by atoms with Gasteiger partial charge in [-0.25, -0.2) is 4.79 Å². The monoisotopic (exact) mass is 472 g/mol. The molecule has 0 fully saturated rings. The van der Waals surface area contributed by atoms with E-state index in [0.29, 0.717) is 24.1 Å². The summed E-state index contributed by atoms with van der Waals surface area (Å²) in [6.07, 6.45) is 0.417. The lowest BCUT2D eigenvalue weighted by atomic mass is 9.98. The van der Waals surface area contributed by atoms with Crippen molar-refractivity contribution in [2.45, 2.75) is 38.1 Å². The van der Waals surface area contributed by atoms with Crippen LogP contribution in [0.2, 0.25) is 0 Å². The third-order valence-corrected chi connectivity index (χ3v) is 6.11. The van der Waals surface area contributed by atoms with Gasteiger partial charge in [-0.3, -0.25) is 9.59 Å². The van der Waals surface area contributed by atoms with Gasteiger partial charge in [-0.05, 0) is 46.4 Å². The molecule has 7 heteroatoms. The van der Waals surface area contributed by atoms with Crippen molar-refractivity contribution >= 4 is 23.7 Å². The Morgan fingerprint density at radius 2 is 1.51 bits per heavy atom. The third-order valence-electron chi connectivity index (χ3n) is 6.11. The van der Waals surface area contributed by atoms with Gasteiger partial charge in [-0.1, -0.05) is 74.0 Å². The van der Waals surface area contributed by atoms with Crippen LogP contribution in [-0.4, -0.2) is 35.7 Å². The van der Waals surface area contributed by atoms with Crippen molar-refractivity contribution in [1.82, 2.24) is 5.32 Å². The Bertz CT molecular complexity index is 1180. The van der Waals surface area contributed by atoms with Gasteiger partial charge >= 0.3 is 12.1 Å². The minimum absolute atomic E-state index is 0.0593. The van der Waals surface area contributed by atoms with E-state index in [4.69, 9.17) is 9.84 Å². The van der Waals surface area contributed by atoms with E-state index in [1.807, 2.05) is 31.2 Å². The van der Waals surface area contributed by atoms with Gasteiger partial charge in [-0.15, -0.1) is 0 Å². The van der Waals surface area contributed by atoms with Crippen LogP contribution < -0.4 is 10.6 Å². The zero-order chi connectivity index (χ0) is 24.8. The number of carboxylic acids is 1. The number of amides is 2. The number of carboxylic acid groups (broad SMARTS) is 1. The lowest BCUT2D eigenvalue weighted by Gasteiger charge is -2.19. The Labute approximate surface area is 204 Å². The van der Waals surface area contributed by atoms with Gasteiger partial charge < -0.3 is 20.5 Å². The second kappa shape index (κ2) is 10.9. The molecule has 0 bridgehead atoms. The average Bonchev–Trinajstić information content (AvgIpc) is 3.17. The maximum Gasteiger partial charge on any atom is 0.407 e. The molecule has 0 heterocycles. The van der Waals surface area contributed by atoms with E-state index in [1.54, 1.807) is 24.3 Å². The smallest absolute Gasteiger partial charge is 0.407 e. The molecule has 1 unspecified atom stereocenters. The van der Waals surface area contributed by atoms with E-state index < -0.39 is 18.1 Å². The Balaban J connectivity index is 1.37. The van der Waals surface area contributed by atoms with Crippen molar-refractivity contribution in [3.05, 3.63) is 89.5 Å². The molecule has 35 heavy (non-hydrogen) atoms. The molecule has 180 valence electrons. The van der Waals surface area contributed by atoms with E-state index in [0.717, 1.165) is 22.3 Å². The molecule has 0 saturated heterocycles. The summed E-state index contributed by atoms with van der Waals surface area (Å²) in [6, 6.07) is 22.0. The first-order valence-electron chi connectivity index (χ1n) is 11.7. The fourth-order valence-corrected chi connectivity index (χ4v) is 4.45. The summed E-state index contributed by atoms with van der Waals surface area (Å²) in [5.41, 5.74) is 5.70. The first-order valence-corrected chi connectivity index (χ1v) is 11.7. The lowest BCUT2D eigenvalue weighted by Crippen LogP contribution is -2.44. The average molecular weight is 473 g/mol. The van der Waals surface area contributed by atoms with Crippen molar-refractivity contribution < 1.29 is 24.2 Å². The van der Waals surface area contributed by atoms with E-state index in [-0.39, 0.29) is 24.9 Å². The van der Waals surface area contributed by atoms with Gasteiger partial charge in [0, 0.05) is 11.6 Å². The molecule has 0 radical (unpaired) electrons. The second-order valence-corrected chi connectivity index (χ2v) is 8.57. The van der Waals surface area contributed by atoms with Crippen molar-refractivity contribution in [2.24, 2.45) is 0 Å². The summed E-state index contributed by atoms with van der Waals surface area (Å²) >= 11 is 0. The summed E-state index contributed by atoms with van der Waals surface area (Å²) in [5.74, 6) is -1.33. The van der Waals surface area contributed by atoms with Crippen LogP contribution in [0, 0.1) is 0 Å². The highest BCUT2D eigenvalue weighted by atomic mass is 16.5. The van der Waals surface area contributed by atoms with Crippen LogP contribution in [0.4, 0.5) is 10.5 Å². The van der Waals surface area contributed by atoms with Crippen LogP contribution in [0.15, 0.2) is 72.8 Å². The number of hydrogen-bond donors (Lipinski definition) is 3. The van der Waals surface area contributed by atoms with E-state index in [9.17, 15) is 14.4 Å². The van der Waals surface area contributed by atoms with E-state index >= 15 is 0 Å². The molecule has 2 amide bonds. The Morgan fingerprint density at radius 1 is 0.914 bits per heavy atom. The maximum absolute atomic E-state index is 12.8. The van der Waals surface area contributed by atoms with Crippen molar-refractivity contribution in [1.29, 1.82) is 0 Å². The highest BCUT2D eigenvalue weighted by Crippen LogP contribution is 2.44. The number of fused-ring (bicyclic) bond motifs is 3. The first-order chi connectivity index (χ1) is 17.0. The van der Waals surface area contributed by atoms with Gasteiger partial charge in [0.15, 0.2) is 0 Å². The molecule has 1 aliphatic carbocycles. The van der Waals surface area contributed by atoms with Crippen LogP contribution in [0.25, 0.3) is 11.1 Å². The zero-order valence-corrected chi connectivity index (χ0v) is 19.5. The summed E-state index contributed by atoms with van der Waals surface area (Å²) in [5, 5.41) is 14.4. The number of rotatable bonds is 9. The number of carbonyl (C=O) groups excluding carboxylic acids is 2. The maximum atomic E-state index is 12.8. The molecule has 1 aliphatic rings. The number of alkyl carbamates (subject to hydrolysis) is 1. The molecule has 7 nitrogen and oxygen atoms in total. The molecule has 3 aromatic rings. The van der Waals surface area contributed by atoms with Gasteiger partial charge in [-0.2, -0.15) is 0 Å². The normalized spacial score (nSPS) is 12.8. The number of aliphatic carboxylic acids is 1. The number of ether oxygens (including phenoxy) is 1. The van der Waals surface area contributed by atoms with Gasteiger partial charge in [0.1, 0.15) is 12.6 Å². The zero-order valence-electron chi connectivity index (χ0n) is 19.5. The number of carbonyl (C=O) groups is 3. The van der Waals surface area contributed by atoms with Gasteiger partial charge in [0.05, 0.1) is 6.42 Å². The standard InChI is InChI=1S/C28H28N2O5/c1-2-7-25(27(33)29-19-14-12-18(13-15-19)16-26(31)32)30-28(34)35-17-24-22-10-5-3-8-20(22)21-9-4-6-11-23(21)24/h3-6,8-15,24-25H,2,7,16-17H2,1H3,(H,29,33)(H,30,34)(H,31,32). The molecule has 1 atom stereocenters. The number of nitrogens with one attached hydrogen (secondary N) is 2. The Hall–Kier alpha value is -4.13. The highest BCUT2D eigenvalue weighted by Gasteiger charge is 2.29. The summed E-state index contributed by atoms with van der Waals surface area (Å²) in [4.78, 5) is 36.3. The molecule has 0 spiro atoms. The molecule has 3 N–H and O–H groups in total. The summed E-state index contributed by atoms with van der Waals surface area (Å²) in [6.45, 7) is 2.10. The SMILES string of the molecule is CCCC(NC(=O)OCC1c2ccccc2-c2ccccc21)C(=O)Nc1ccc(CC(=O)O)cc1. The predicted molar refractivity (Wildman–Crippen MR) is 133 cm³/mol. The predicted octanol–water partition coefficient (Wildman–Crippen LogP) is 4.96. The van der Waals surface area contributed by atoms with Crippen LogP contribution in [0.3, 0.4) is 0 Å². The van der Waals surface area contributed by atoms with Crippen molar-refractivity contribution in [3.8, 4) is 11.1 Å². The second-order valence-electron chi connectivity index (χ2n) is 8.57. The van der Waals surface area contributed by atoms with Crippen LogP contribution >= 0.6 is 0 Å². The van der Waals surface area contributed by atoms with Crippen molar-refractivity contribution in [3.63, 3.8) is 0 Å². The van der Waals surface area contributed by atoms with Crippen molar-refractivity contribution in [2.75, 3.05) is 11.9 Å². The summed E-state index contributed by atoms with van der Waals surface area (Å²) in [7, 11) is 0. The number of hydrogen-bond acceptors (Lipinski definition) is 4. The highest BCUT2D eigenvalue weighted by molar-refractivity contribution is 5.96. The van der Waals surface area contributed by atoms with E-state index in [1.165, 1.54) is 0 Å². The third kappa shape index (κ3) is 5.69. The van der Waals surface area contributed by atoms with Crippen LogP contribution in [-0.2, 0) is 20.7 Å². The molecule has 0 saturated carbocycles. The fraction of sp³-hybridized carbons (Fsp3) is 0.250. The quantitative estimate of drug-likeness (QED) is 0.408. The first kappa shape index (κ1) is 24.0. The molecule has 0 aliphatic heterocycles. The fourth-order valence-electron chi connectivity index (χ4n) is 4.45. The molecule has 3 aromatic carbocycles. The van der Waals surface area contributed by atoms with Crippen LogP contribution in [0.5, 0.6) is 0 Å². The van der Waals surface area contributed by atoms with Gasteiger partial charge in [0.25, 0.3) is 0 Å². The largest absolute Gasteiger partial charge is 0.481 e. The summed E-state index contributed by atoms with van der Waals surface area (Å²) < 4.78 is 5.58. The molecular formula is C28H28N2O5. The molecular weight excluding hydrogens is 444 g/mol. The Morgan fingerprint density at radius 3 is 2.09 bits per heavy atom. The minimum atomic E-state index is -0.919. The topological polar surface area (TPSA) is 105 Å². The van der Waals surface area contributed by atoms with E-state index in [2.05, 4.69) is 34.9 Å². The molecule has 4 rings (SSSR count).